The van der Waals surface area contributed by atoms with Crippen molar-refractivity contribution in [3.63, 3.8) is 0 Å². The van der Waals surface area contributed by atoms with Gasteiger partial charge in [-0.25, -0.2) is 0 Å². The van der Waals surface area contributed by atoms with Crippen LogP contribution in [0.25, 0.3) is 0 Å². The van der Waals surface area contributed by atoms with Gasteiger partial charge >= 0.3 is 117 Å². The predicted octanol–water partition coefficient (Wildman–Crippen LogP) is 5.89. The van der Waals surface area contributed by atoms with E-state index in [0.29, 0.717) is 10.8 Å². The fourth-order valence-corrected chi connectivity index (χ4v) is 8.61. The summed E-state index contributed by atoms with van der Waals surface area (Å²) < 4.78 is 0. The topological polar surface area (TPSA) is 0 Å². The van der Waals surface area contributed by atoms with E-state index in [1.54, 1.807) is 0 Å². The standard InChI is InChI=1S/C17H39P/c1-10-16(4,5)12-15(3)13-18(8,9)14-17(6,7)11-2/h15,18H,10-14H2,1-9H3. The Balaban J connectivity index is 4.40. The first-order chi connectivity index (χ1) is 7.93. The first-order valence-electron chi connectivity index (χ1n) is 7.93. The molecule has 0 aliphatic rings. The van der Waals surface area contributed by atoms with Crippen LogP contribution in [0.1, 0.15) is 67.7 Å². The van der Waals surface area contributed by atoms with E-state index in [1.165, 1.54) is 31.6 Å². The van der Waals surface area contributed by atoms with Crippen LogP contribution in [0.15, 0.2) is 0 Å². The summed E-state index contributed by atoms with van der Waals surface area (Å²) in [6.07, 6.45) is 7.00. The third-order valence-corrected chi connectivity index (χ3v) is 8.39. The molecule has 0 saturated carbocycles. The van der Waals surface area contributed by atoms with Crippen molar-refractivity contribution < 1.29 is 0 Å². The van der Waals surface area contributed by atoms with E-state index in [9.17, 15) is 0 Å². The summed E-state index contributed by atoms with van der Waals surface area (Å²) in [4.78, 5) is 0. The van der Waals surface area contributed by atoms with Crippen LogP contribution in [0, 0.1) is 16.7 Å². The molecule has 0 bridgehead atoms. The quantitative estimate of drug-likeness (QED) is 0.484. The van der Waals surface area contributed by atoms with Gasteiger partial charge in [0.1, 0.15) is 0 Å². The molecule has 0 aliphatic heterocycles. The summed E-state index contributed by atoms with van der Waals surface area (Å²) in [6, 6.07) is 0. The van der Waals surface area contributed by atoms with Crippen molar-refractivity contribution in [1.29, 1.82) is 0 Å². The van der Waals surface area contributed by atoms with Gasteiger partial charge in [-0.05, 0) is 0 Å². The van der Waals surface area contributed by atoms with Gasteiger partial charge < -0.3 is 0 Å². The zero-order valence-electron chi connectivity index (χ0n) is 14.6. The number of hydrogen-bond donors (Lipinski definition) is 0. The Labute approximate surface area is 118 Å². The zero-order chi connectivity index (χ0) is 14.6. The molecule has 0 aliphatic carbocycles. The maximum absolute atomic E-state index is 2.60. The van der Waals surface area contributed by atoms with Crippen LogP contribution in [0.4, 0.5) is 0 Å². The molecule has 0 spiro atoms. The molecule has 0 nitrogen and oxygen atoms in total. The van der Waals surface area contributed by atoms with Crippen molar-refractivity contribution in [1.82, 2.24) is 0 Å². The van der Waals surface area contributed by atoms with Gasteiger partial charge in [-0.2, -0.15) is 0 Å². The first-order valence-corrected chi connectivity index (χ1v) is 11.3. The molecule has 18 heavy (non-hydrogen) atoms. The molecule has 0 aromatic heterocycles. The summed E-state index contributed by atoms with van der Waals surface area (Å²) in [5.41, 5.74) is 1.08. The van der Waals surface area contributed by atoms with Crippen molar-refractivity contribution in [2.45, 2.75) is 67.7 Å². The Hall–Kier alpha value is 0.430. The summed E-state index contributed by atoms with van der Waals surface area (Å²) in [5.74, 6) is 0.897. The Morgan fingerprint density at radius 2 is 1.33 bits per heavy atom. The summed E-state index contributed by atoms with van der Waals surface area (Å²) in [7, 11) is -1.04. The summed E-state index contributed by atoms with van der Waals surface area (Å²) >= 11 is 0. The van der Waals surface area contributed by atoms with Gasteiger partial charge in [0, 0.05) is 0 Å². The van der Waals surface area contributed by atoms with Crippen LogP contribution in [-0.4, -0.2) is 25.7 Å². The molecule has 0 rings (SSSR count). The molecule has 0 saturated heterocycles. The molecule has 1 heteroatoms. The Morgan fingerprint density at radius 3 is 1.72 bits per heavy atom. The van der Waals surface area contributed by atoms with Gasteiger partial charge in [-0.3, -0.25) is 0 Å². The molecule has 0 N–H and O–H groups in total. The van der Waals surface area contributed by atoms with Gasteiger partial charge in [0.25, 0.3) is 0 Å². The van der Waals surface area contributed by atoms with Crippen LogP contribution in [-0.2, 0) is 0 Å². The fraction of sp³-hybridized carbons (Fsp3) is 1.00. The average Bonchev–Trinajstić information content (AvgIpc) is 2.14. The van der Waals surface area contributed by atoms with Crippen LogP contribution < -0.4 is 0 Å². The Kier molecular flexibility index (Phi) is 6.90. The van der Waals surface area contributed by atoms with Gasteiger partial charge in [0.05, 0.1) is 0 Å². The van der Waals surface area contributed by atoms with Crippen molar-refractivity contribution >= 4 is 7.26 Å². The summed E-state index contributed by atoms with van der Waals surface area (Å²) in [6.45, 7) is 22.1. The van der Waals surface area contributed by atoms with E-state index in [-0.39, 0.29) is 0 Å². The van der Waals surface area contributed by atoms with Crippen molar-refractivity contribution in [2.24, 2.45) is 16.7 Å². The van der Waals surface area contributed by atoms with Crippen LogP contribution >= 0.6 is 7.26 Å². The molecule has 0 heterocycles. The minimum absolute atomic E-state index is 0.532. The van der Waals surface area contributed by atoms with Gasteiger partial charge in [0.15, 0.2) is 0 Å². The molecule has 0 aromatic rings. The summed E-state index contributed by atoms with van der Waals surface area (Å²) in [5, 5.41) is 0. The minimum atomic E-state index is -1.04. The molecule has 0 radical (unpaired) electrons. The van der Waals surface area contributed by atoms with E-state index >= 15 is 0 Å². The second-order valence-electron chi connectivity index (χ2n) is 8.89. The Bertz CT molecular complexity index is 238. The average molecular weight is 274 g/mol. The predicted molar refractivity (Wildman–Crippen MR) is 91.8 cm³/mol. The van der Waals surface area contributed by atoms with E-state index in [4.69, 9.17) is 0 Å². The molecule has 0 amide bonds. The van der Waals surface area contributed by atoms with E-state index in [0.717, 1.165) is 5.92 Å². The Morgan fingerprint density at radius 1 is 0.889 bits per heavy atom. The van der Waals surface area contributed by atoms with Crippen LogP contribution in [0.2, 0.25) is 0 Å². The zero-order valence-corrected chi connectivity index (χ0v) is 15.6. The van der Waals surface area contributed by atoms with Crippen molar-refractivity contribution in [3.8, 4) is 0 Å². The monoisotopic (exact) mass is 274 g/mol. The third kappa shape index (κ3) is 7.78. The van der Waals surface area contributed by atoms with E-state index < -0.39 is 7.26 Å². The third-order valence-electron chi connectivity index (χ3n) is 4.67. The molecule has 0 aromatic carbocycles. The molecular weight excluding hydrogens is 235 g/mol. The number of rotatable bonds is 8. The number of hydrogen-bond acceptors (Lipinski definition) is 0. The van der Waals surface area contributed by atoms with Crippen molar-refractivity contribution in [3.05, 3.63) is 0 Å². The molecule has 1 unspecified atom stereocenters. The first kappa shape index (κ1) is 18.4. The molecular formula is C17H39P. The van der Waals surface area contributed by atoms with Gasteiger partial charge in [-0.15, -0.1) is 0 Å². The van der Waals surface area contributed by atoms with Crippen molar-refractivity contribution in [2.75, 3.05) is 25.7 Å². The van der Waals surface area contributed by atoms with Crippen LogP contribution in [0.3, 0.4) is 0 Å². The van der Waals surface area contributed by atoms with Gasteiger partial charge in [0.2, 0.25) is 0 Å². The molecule has 112 valence electrons. The van der Waals surface area contributed by atoms with Crippen LogP contribution in [0.5, 0.6) is 0 Å². The second-order valence-corrected chi connectivity index (χ2v) is 14.0. The SMILES string of the molecule is CCC(C)(C)CC(C)C[PH](C)(C)CC(C)(C)CC. The fourth-order valence-electron chi connectivity index (χ4n) is 3.60. The van der Waals surface area contributed by atoms with E-state index in [1.807, 2.05) is 0 Å². The maximum atomic E-state index is 2.60. The second kappa shape index (κ2) is 6.74. The molecule has 0 fully saturated rings. The normalized spacial score (nSPS) is 16.7. The van der Waals surface area contributed by atoms with Gasteiger partial charge in [-0.1, -0.05) is 0 Å². The van der Waals surface area contributed by atoms with E-state index in [2.05, 4.69) is 61.8 Å². The molecule has 1 atom stereocenters.